The number of thiocarbonyl (C=S) groups is 1. The maximum Gasteiger partial charge on any atom is 0.320 e. The number of nitrogens with two attached hydrogens (primary N) is 1. The summed E-state index contributed by atoms with van der Waals surface area (Å²) in [6.45, 7) is 0.858. The molecule has 6 heteroatoms. The molecule has 0 aromatic heterocycles. The first-order valence-electron chi connectivity index (χ1n) is 3.48. The molecule has 1 aliphatic heterocycles. The fourth-order valence-electron chi connectivity index (χ4n) is 0.895. The lowest BCUT2D eigenvalue weighted by molar-refractivity contribution is -0.139. The van der Waals surface area contributed by atoms with Crippen molar-refractivity contribution in [3.8, 4) is 0 Å². The molecular formula is C6H12N2O2S2. The maximum atomic E-state index is 10.1. The first kappa shape index (κ1) is 11.7. The number of thiol groups is 1. The van der Waals surface area contributed by atoms with Crippen LogP contribution in [-0.4, -0.2) is 28.0 Å². The van der Waals surface area contributed by atoms with Crippen molar-refractivity contribution in [3.05, 3.63) is 0 Å². The van der Waals surface area contributed by atoms with Gasteiger partial charge in [0.05, 0.1) is 0 Å². The zero-order chi connectivity index (χ0) is 9.56. The minimum absolute atomic E-state index is 0.194. The molecule has 0 radical (unpaired) electrons. The minimum Gasteiger partial charge on any atom is -0.480 e. The molecule has 0 bridgehead atoms. The van der Waals surface area contributed by atoms with Crippen LogP contribution in [0.5, 0.6) is 0 Å². The highest BCUT2D eigenvalue weighted by molar-refractivity contribution is 8.10. The van der Waals surface area contributed by atoms with Crippen molar-refractivity contribution in [2.75, 3.05) is 6.54 Å². The lowest BCUT2D eigenvalue weighted by Crippen LogP contribution is -2.29. The maximum absolute atomic E-state index is 10.1. The number of rotatable bonds is 1. The molecule has 4 N–H and O–H groups in total. The molecule has 0 aliphatic carbocycles. The van der Waals surface area contributed by atoms with Crippen molar-refractivity contribution in [1.29, 1.82) is 0 Å². The quantitative estimate of drug-likeness (QED) is 0.360. The summed E-state index contributed by atoms with van der Waals surface area (Å²) >= 11 is 7.65. The largest absolute Gasteiger partial charge is 0.480 e. The molecular weight excluding hydrogens is 196 g/mol. The average molecular weight is 208 g/mol. The number of aliphatic carboxylic acids is 1. The van der Waals surface area contributed by atoms with Crippen molar-refractivity contribution in [2.24, 2.45) is 5.73 Å². The van der Waals surface area contributed by atoms with Crippen LogP contribution in [0.25, 0.3) is 0 Å². The molecule has 1 atom stereocenters. The number of hydrogen-bond acceptors (Lipinski definition) is 3. The zero-order valence-corrected chi connectivity index (χ0v) is 8.20. The monoisotopic (exact) mass is 208 g/mol. The normalized spacial score (nSPS) is 20.9. The fraction of sp³-hybridized carbons (Fsp3) is 0.667. The summed E-state index contributed by atoms with van der Waals surface area (Å²) in [4.78, 5) is 10.1. The Bertz CT molecular complexity index is 165. The van der Waals surface area contributed by atoms with Gasteiger partial charge in [0.15, 0.2) is 0 Å². The molecule has 1 fully saturated rings. The Hall–Kier alpha value is -0.330. The summed E-state index contributed by atoms with van der Waals surface area (Å²) in [7, 11) is 0. The van der Waals surface area contributed by atoms with Gasteiger partial charge < -0.3 is 16.2 Å². The summed E-state index contributed by atoms with van der Waals surface area (Å²) in [5.74, 6) is -0.720. The Morgan fingerprint density at radius 1 is 1.75 bits per heavy atom. The Kier molecular flexibility index (Phi) is 6.04. The lowest BCUT2D eigenvalue weighted by Gasteiger charge is -1.99. The van der Waals surface area contributed by atoms with E-state index < -0.39 is 5.97 Å². The second-order valence-electron chi connectivity index (χ2n) is 2.33. The standard InChI is InChI=1S/C5H9NO2.CH3NS2/c7-5(8)4-2-1-3-6-4;2-1(3)4/h4,6H,1-3H2,(H,7,8);(H3,2,3,4)/t4-;/m0./s1. The van der Waals surface area contributed by atoms with Crippen LogP contribution in [0.3, 0.4) is 0 Å². The first-order valence-corrected chi connectivity index (χ1v) is 4.34. The molecule has 1 rings (SSSR count). The summed E-state index contributed by atoms with van der Waals surface area (Å²) < 4.78 is 0.194. The third kappa shape index (κ3) is 6.38. The van der Waals surface area contributed by atoms with E-state index in [9.17, 15) is 4.79 Å². The van der Waals surface area contributed by atoms with Crippen molar-refractivity contribution in [1.82, 2.24) is 5.32 Å². The predicted molar refractivity (Wildman–Crippen MR) is 54.4 cm³/mol. The molecule has 0 spiro atoms. The zero-order valence-electron chi connectivity index (χ0n) is 6.49. The molecule has 0 unspecified atom stereocenters. The van der Waals surface area contributed by atoms with Crippen molar-refractivity contribution in [3.63, 3.8) is 0 Å². The van der Waals surface area contributed by atoms with Crippen LogP contribution in [0.15, 0.2) is 0 Å². The Morgan fingerprint density at radius 3 is 2.42 bits per heavy atom. The molecule has 4 nitrogen and oxygen atoms in total. The van der Waals surface area contributed by atoms with Gasteiger partial charge in [-0.25, -0.2) is 0 Å². The van der Waals surface area contributed by atoms with Gasteiger partial charge in [-0.05, 0) is 19.4 Å². The van der Waals surface area contributed by atoms with Gasteiger partial charge in [-0.15, -0.1) is 12.6 Å². The van der Waals surface area contributed by atoms with Gasteiger partial charge >= 0.3 is 5.97 Å². The van der Waals surface area contributed by atoms with Crippen LogP contribution < -0.4 is 11.1 Å². The smallest absolute Gasteiger partial charge is 0.320 e. The molecule has 1 aliphatic rings. The second-order valence-corrected chi connectivity index (χ2v) is 3.55. The molecule has 0 saturated carbocycles. The van der Waals surface area contributed by atoms with Crippen molar-refractivity contribution in [2.45, 2.75) is 18.9 Å². The highest BCUT2D eigenvalue weighted by Crippen LogP contribution is 2.03. The summed E-state index contributed by atoms with van der Waals surface area (Å²) in [5, 5.41) is 11.2. The number of hydrogen-bond donors (Lipinski definition) is 4. The van der Waals surface area contributed by atoms with Gasteiger partial charge in [-0.2, -0.15) is 0 Å². The summed E-state index contributed by atoms with van der Waals surface area (Å²) in [5.41, 5.74) is 4.71. The van der Waals surface area contributed by atoms with E-state index in [1.54, 1.807) is 0 Å². The van der Waals surface area contributed by atoms with Crippen LogP contribution >= 0.6 is 24.8 Å². The third-order valence-corrected chi connectivity index (χ3v) is 1.36. The van der Waals surface area contributed by atoms with E-state index in [1.165, 1.54) is 0 Å². The summed E-state index contributed by atoms with van der Waals surface area (Å²) in [6.07, 6.45) is 1.78. The van der Waals surface area contributed by atoms with Gasteiger partial charge in [0.1, 0.15) is 10.4 Å². The van der Waals surface area contributed by atoms with Crippen LogP contribution in [-0.2, 0) is 4.79 Å². The van der Waals surface area contributed by atoms with Crippen LogP contribution in [0.2, 0.25) is 0 Å². The highest BCUT2D eigenvalue weighted by atomic mass is 32.1. The van der Waals surface area contributed by atoms with Gasteiger partial charge in [0, 0.05) is 0 Å². The van der Waals surface area contributed by atoms with Gasteiger partial charge in [-0.3, -0.25) is 4.79 Å². The van der Waals surface area contributed by atoms with E-state index >= 15 is 0 Å². The first-order chi connectivity index (χ1) is 5.54. The van der Waals surface area contributed by atoms with E-state index in [0.717, 1.165) is 19.4 Å². The van der Waals surface area contributed by atoms with Crippen LogP contribution in [0, 0.1) is 0 Å². The van der Waals surface area contributed by atoms with Gasteiger partial charge in [0.2, 0.25) is 0 Å². The Balaban J connectivity index is 0.000000261. The average Bonchev–Trinajstić information content (AvgIpc) is 2.34. The van der Waals surface area contributed by atoms with Crippen molar-refractivity contribution >= 4 is 35.1 Å². The number of nitrogens with one attached hydrogen (secondary N) is 1. The SMILES string of the molecule is NC(=S)S.O=C(O)[C@@H]1CCCN1. The molecule has 0 aromatic rings. The molecule has 1 heterocycles. The predicted octanol–water partition coefficient (Wildman–Crippen LogP) is -0.0172. The van der Waals surface area contributed by atoms with E-state index in [-0.39, 0.29) is 10.4 Å². The molecule has 1 saturated heterocycles. The molecule has 0 aromatic carbocycles. The van der Waals surface area contributed by atoms with Gasteiger partial charge in [-0.1, -0.05) is 12.2 Å². The van der Waals surface area contributed by atoms with Crippen LogP contribution in [0.4, 0.5) is 0 Å². The topological polar surface area (TPSA) is 75.4 Å². The van der Waals surface area contributed by atoms with Crippen LogP contribution in [0.1, 0.15) is 12.8 Å². The van der Waals surface area contributed by atoms with E-state index in [0.29, 0.717) is 0 Å². The fourth-order valence-corrected chi connectivity index (χ4v) is 0.895. The van der Waals surface area contributed by atoms with Gasteiger partial charge in [0.25, 0.3) is 0 Å². The molecule has 70 valence electrons. The lowest BCUT2D eigenvalue weighted by atomic mass is 10.2. The number of carbonyl (C=O) groups is 1. The molecule has 0 amide bonds. The summed E-state index contributed by atoms with van der Waals surface area (Å²) in [6, 6.07) is -0.269. The van der Waals surface area contributed by atoms with E-state index in [4.69, 9.17) is 10.8 Å². The second kappa shape index (κ2) is 6.22. The van der Waals surface area contributed by atoms with Crippen molar-refractivity contribution < 1.29 is 9.90 Å². The van der Waals surface area contributed by atoms with E-state index in [1.807, 2.05) is 0 Å². The number of carboxylic acids is 1. The molecule has 12 heavy (non-hydrogen) atoms. The number of carboxylic acid groups (broad SMARTS) is 1. The Morgan fingerprint density at radius 2 is 2.25 bits per heavy atom. The third-order valence-electron chi connectivity index (χ3n) is 1.36. The Labute approximate surface area is 81.9 Å². The highest BCUT2D eigenvalue weighted by Gasteiger charge is 2.20. The van der Waals surface area contributed by atoms with E-state index in [2.05, 4.69) is 30.2 Å². The minimum atomic E-state index is -0.720.